The predicted molar refractivity (Wildman–Crippen MR) is 177 cm³/mol. The molecule has 0 bridgehead atoms. The Bertz CT molecular complexity index is 2080. The minimum absolute atomic E-state index is 0.875. The molecule has 6 aromatic carbocycles. The molecule has 0 aliphatic rings. The summed E-state index contributed by atoms with van der Waals surface area (Å²) in [6.07, 6.45) is 0. The lowest BCUT2D eigenvalue weighted by Gasteiger charge is -2.34. The molecule has 0 amide bonds. The molecule has 0 spiro atoms. The fraction of sp³-hybridized carbons (Fsp3) is 0. The molecule has 4 heteroatoms. The van der Waals surface area contributed by atoms with Crippen LogP contribution < -0.4 is 20.7 Å². The van der Waals surface area contributed by atoms with Crippen molar-refractivity contribution in [2.24, 2.45) is 0 Å². The largest absolute Gasteiger partial charge is 0.293 e. The normalized spacial score (nSPS) is 11.8. The van der Waals surface area contributed by atoms with Crippen LogP contribution in [0.3, 0.4) is 0 Å². The van der Waals surface area contributed by atoms with Gasteiger partial charge < -0.3 is 0 Å². The van der Waals surface area contributed by atoms with Gasteiger partial charge in [0, 0.05) is 11.1 Å². The third-order valence-electron chi connectivity index (χ3n) is 8.34. The first-order chi connectivity index (χ1) is 20.8. The van der Waals surface area contributed by atoms with Gasteiger partial charge in [0.05, 0.1) is 16.6 Å². The molecule has 8 aromatic rings. The Labute approximate surface area is 245 Å². The third kappa shape index (κ3) is 3.73. The highest BCUT2D eigenvalue weighted by Gasteiger charge is 2.41. The van der Waals surface area contributed by atoms with Crippen LogP contribution in [0.1, 0.15) is 0 Å². The Morgan fingerprint density at radius 2 is 0.857 bits per heavy atom. The molecule has 198 valence electrons. The molecule has 0 aliphatic heterocycles. The van der Waals surface area contributed by atoms with E-state index in [1.165, 1.54) is 20.7 Å². The van der Waals surface area contributed by atoms with E-state index in [4.69, 9.17) is 9.97 Å². The van der Waals surface area contributed by atoms with E-state index in [0.717, 1.165) is 38.8 Å². The van der Waals surface area contributed by atoms with E-state index >= 15 is 0 Å². The van der Waals surface area contributed by atoms with Gasteiger partial charge in [-0.05, 0) is 51.1 Å². The van der Waals surface area contributed by atoms with Crippen LogP contribution in [0.2, 0.25) is 0 Å². The molecule has 0 saturated carbocycles. The van der Waals surface area contributed by atoms with Crippen LogP contribution in [-0.2, 0) is 0 Å². The Kier molecular flexibility index (Phi) is 5.80. The number of fused-ring (bicyclic) bond motifs is 4. The summed E-state index contributed by atoms with van der Waals surface area (Å²) in [6.45, 7) is 0. The van der Waals surface area contributed by atoms with Gasteiger partial charge >= 0.3 is 0 Å². The number of hydrogen-bond donors (Lipinski definition) is 0. The molecule has 0 fully saturated rings. The SMILES string of the molecule is c1ccc([Si](c2ccccc2)(c2ccccc2)c2ccc(-n3c4ccccc4c4nc5ccccc5nc43)cc2)cc1. The first kappa shape index (κ1) is 24.5. The topological polar surface area (TPSA) is 30.7 Å². The smallest absolute Gasteiger partial charge is 0.179 e. The Balaban J connectivity index is 1.39. The molecule has 0 saturated heterocycles. The maximum Gasteiger partial charge on any atom is 0.179 e. The van der Waals surface area contributed by atoms with Crippen molar-refractivity contribution in [2.45, 2.75) is 0 Å². The van der Waals surface area contributed by atoms with Gasteiger partial charge in [0.1, 0.15) is 5.52 Å². The van der Waals surface area contributed by atoms with E-state index in [9.17, 15) is 0 Å². The van der Waals surface area contributed by atoms with Gasteiger partial charge in [-0.15, -0.1) is 0 Å². The molecule has 0 unspecified atom stereocenters. The summed E-state index contributed by atoms with van der Waals surface area (Å²) < 4.78 is 2.25. The molecule has 0 radical (unpaired) electrons. The highest BCUT2D eigenvalue weighted by Crippen LogP contribution is 2.31. The van der Waals surface area contributed by atoms with Crippen molar-refractivity contribution in [3.05, 3.63) is 164 Å². The predicted octanol–water partition coefficient (Wildman–Crippen LogP) is 6.10. The van der Waals surface area contributed by atoms with Gasteiger partial charge in [0.2, 0.25) is 0 Å². The number of para-hydroxylation sites is 3. The highest BCUT2D eigenvalue weighted by molar-refractivity contribution is 7.19. The maximum atomic E-state index is 5.11. The second-order valence-corrected chi connectivity index (χ2v) is 14.4. The van der Waals surface area contributed by atoms with Gasteiger partial charge in [-0.2, -0.15) is 0 Å². The van der Waals surface area contributed by atoms with Crippen molar-refractivity contribution in [1.82, 2.24) is 14.5 Å². The zero-order valence-electron chi connectivity index (χ0n) is 22.9. The average molecular weight is 554 g/mol. The Hall–Kier alpha value is -5.32. The van der Waals surface area contributed by atoms with Crippen molar-refractivity contribution in [3.63, 3.8) is 0 Å². The maximum absolute atomic E-state index is 5.11. The van der Waals surface area contributed by atoms with Crippen LogP contribution in [0.4, 0.5) is 0 Å². The number of benzene rings is 6. The van der Waals surface area contributed by atoms with Crippen molar-refractivity contribution >= 4 is 61.9 Å². The molecule has 0 atom stereocenters. The van der Waals surface area contributed by atoms with E-state index in [1.807, 2.05) is 24.3 Å². The summed E-state index contributed by atoms with van der Waals surface area (Å²) in [4.78, 5) is 10.2. The lowest BCUT2D eigenvalue weighted by atomic mass is 10.2. The van der Waals surface area contributed by atoms with E-state index in [0.29, 0.717) is 0 Å². The van der Waals surface area contributed by atoms with Gasteiger partial charge in [-0.3, -0.25) is 4.57 Å². The molecule has 0 N–H and O–H groups in total. The standard InChI is InChI=1S/C38H27N3Si/c1-4-14-29(15-5-1)42(30-16-6-2-7-17-30,31-18-8-3-9-19-31)32-26-24-28(25-27-32)41-36-23-13-10-20-33(36)37-38(41)40-35-22-12-11-21-34(35)39-37/h1-27H. The molecule has 42 heavy (non-hydrogen) atoms. The highest BCUT2D eigenvalue weighted by atomic mass is 28.3. The van der Waals surface area contributed by atoms with Crippen molar-refractivity contribution in [1.29, 1.82) is 0 Å². The molecular weight excluding hydrogens is 527 g/mol. The van der Waals surface area contributed by atoms with E-state index in [-0.39, 0.29) is 0 Å². The fourth-order valence-electron chi connectivity index (χ4n) is 6.50. The summed E-state index contributed by atoms with van der Waals surface area (Å²) in [7, 11) is -2.59. The second kappa shape index (κ2) is 9.95. The molecular formula is C38H27N3Si. The summed E-state index contributed by atoms with van der Waals surface area (Å²) >= 11 is 0. The minimum Gasteiger partial charge on any atom is -0.293 e. The van der Waals surface area contributed by atoms with Crippen LogP contribution in [-0.4, -0.2) is 22.6 Å². The van der Waals surface area contributed by atoms with Gasteiger partial charge in [0.15, 0.2) is 13.7 Å². The number of nitrogens with zero attached hydrogens (tertiary/aromatic N) is 3. The van der Waals surface area contributed by atoms with Gasteiger partial charge in [0.25, 0.3) is 0 Å². The second-order valence-electron chi connectivity index (χ2n) is 10.6. The summed E-state index contributed by atoms with van der Waals surface area (Å²) in [5, 5.41) is 6.54. The zero-order chi connectivity index (χ0) is 27.9. The van der Waals surface area contributed by atoms with Crippen LogP contribution in [0.25, 0.3) is 38.8 Å². The molecule has 0 aliphatic carbocycles. The van der Waals surface area contributed by atoms with E-state index in [2.05, 4.69) is 144 Å². The first-order valence-electron chi connectivity index (χ1n) is 14.3. The van der Waals surface area contributed by atoms with Crippen LogP contribution in [0, 0.1) is 0 Å². The minimum atomic E-state index is -2.59. The van der Waals surface area contributed by atoms with E-state index in [1.54, 1.807) is 0 Å². The van der Waals surface area contributed by atoms with Crippen LogP contribution in [0.5, 0.6) is 0 Å². The van der Waals surface area contributed by atoms with E-state index < -0.39 is 8.07 Å². The molecule has 8 rings (SSSR count). The fourth-order valence-corrected chi connectivity index (χ4v) is 11.2. The Morgan fingerprint density at radius 1 is 0.405 bits per heavy atom. The van der Waals surface area contributed by atoms with Crippen LogP contribution in [0.15, 0.2) is 164 Å². The number of aromatic nitrogens is 3. The zero-order valence-corrected chi connectivity index (χ0v) is 23.9. The number of rotatable bonds is 5. The van der Waals surface area contributed by atoms with Crippen molar-refractivity contribution < 1.29 is 0 Å². The van der Waals surface area contributed by atoms with Gasteiger partial charge in [-0.25, -0.2) is 9.97 Å². The molecule has 2 heterocycles. The third-order valence-corrected chi connectivity index (χ3v) is 13.1. The monoisotopic (exact) mass is 553 g/mol. The van der Waals surface area contributed by atoms with Gasteiger partial charge in [-0.1, -0.05) is 133 Å². The lowest BCUT2D eigenvalue weighted by Crippen LogP contribution is -2.74. The lowest BCUT2D eigenvalue weighted by molar-refractivity contribution is 1.14. The Morgan fingerprint density at radius 3 is 1.43 bits per heavy atom. The summed E-state index contributed by atoms with van der Waals surface area (Å²) in [5.74, 6) is 0. The quantitative estimate of drug-likeness (QED) is 0.190. The summed E-state index contributed by atoms with van der Waals surface area (Å²) in [6, 6.07) is 58.9. The average Bonchev–Trinajstić information content (AvgIpc) is 3.39. The van der Waals surface area contributed by atoms with Crippen LogP contribution >= 0.6 is 0 Å². The molecule has 2 aromatic heterocycles. The summed E-state index contributed by atoms with van der Waals surface area (Å²) in [5.41, 5.74) is 5.79. The first-order valence-corrected chi connectivity index (χ1v) is 16.3. The van der Waals surface area contributed by atoms with Crippen molar-refractivity contribution in [2.75, 3.05) is 0 Å². The number of hydrogen-bond acceptors (Lipinski definition) is 2. The molecule has 3 nitrogen and oxygen atoms in total. The van der Waals surface area contributed by atoms with Crippen molar-refractivity contribution in [3.8, 4) is 5.69 Å².